The van der Waals surface area contributed by atoms with E-state index < -0.39 is 0 Å². The third-order valence-electron chi connectivity index (χ3n) is 3.95. The number of aryl methyl sites for hydroxylation is 1. The number of phenols is 2. The smallest absolute Gasteiger partial charge is 0.119 e. The summed E-state index contributed by atoms with van der Waals surface area (Å²) in [4.78, 5) is 0. The summed E-state index contributed by atoms with van der Waals surface area (Å²) in [5.74, 6) is 0.512. The Morgan fingerprint density at radius 3 is 1.85 bits per heavy atom. The van der Waals surface area contributed by atoms with Crippen LogP contribution in [-0.4, -0.2) is 10.2 Å². The molecule has 0 aliphatic rings. The largest absolute Gasteiger partial charge is 0.508 e. The molecule has 3 aromatic carbocycles. The third-order valence-corrected chi connectivity index (χ3v) is 5.19. The van der Waals surface area contributed by atoms with E-state index in [0.717, 1.165) is 33.4 Å². The molecule has 0 heterocycles. The molecule has 0 radical (unpaired) electrons. The summed E-state index contributed by atoms with van der Waals surface area (Å²) < 4.78 is 0. The fourth-order valence-corrected chi connectivity index (χ4v) is 3.60. The molecule has 3 aromatic rings. The van der Waals surface area contributed by atoms with Crippen LogP contribution in [0, 0.1) is 0 Å². The molecule has 3 rings (SSSR count). The number of aromatic hydroxyl groups is 2. The summed E-state index contributed by atoms with van der Waals surface area (Å²) in [6.07, 6.45) is 4.23. The monoisotopic (exact) mass is 366 g/mol. The van der Waals surface area contributed by atoms with Crippen molar-refractivity contribution in [3.8, 4) is 11.5 Å². The van der Waals surface area contributed by atoms with Gasteiger partial charge in [0.05, 0.1) is 0 Å². The van der Waals surface area contributed by atoms with Crippen LogP contribution in [0.1, 0.15) is 31.7 Å². The van der Waals surface area contributed by atoms with Crippen LogP contribution in [0.25, 0.3) is 0 Å². The lowest BCUT2D eigenvalue weighted by Gasteiger charge is -2.04. The molecule has 0 aliphatic carbocycles. The van der Waals surface area contributed by atoms with Crippen molar-refractivity contribution in [2.24, 2.45) is 0 Å². The second kappa shape index (κ2) is 11.3. The van der Waals surface area contributed by atoms with Crippen molar-refractivity contribution in [2.45, 2.75) is 32.6 Å². The topological polar surface area (TPSA) is 40.5 Å². The van der Waals surface area contributed by atoms with Crippen molar-refractivity contribution in [2.75, 3.05) is 0 Å². The van der Waals surface area contributed by atoms with E-state index in [2.05, 4.69) is 67.6 Å². The molecule has 0 fully saturated rings. The zero-order valence-electron chi connectivity index (χ0n) is 15.2. The lowest BCUT2D eigenvalue weighted by atomic mass is 10.1. The Kier molecular flexibility index (Phi) is 8.72. The highest BCUT2D eigenvalue weighted by atomic mass is 31.1. The van der Waals surface area contributed by atoms with Gasteiger partial charge in [0.1, 0.15) is 11.5 Å². The first kappa shape index (κ1) is 20.0. The van der Waals surface area contributed by atoms with Gasteiger partial charge in [0.25, 0.3) is 0 Å². The van der Waals surface area contributed by atoms with Gasteiger partial charge in [-0.1, -0.05) is 89.0 Å². The van der Waals surface area contributed by atoms with Gasteiger partial charge in [-0.05, 0) is 47.2 Å². The highest BCUT2D eigenvalue weighted by Crippen LogP contribution is 2.23. The van der Waals surface area contributed by atoms with Gasteiger partial charge in [0, 0.05) is 0 Å². The van der Waals surface area contributed by atoms with Gasteiger partial charge < -0.3 is 10.2 Å². The van der Waals surface area contributed by atoms with Gasteiger partial charge in [0.2, 0.25) is 0 Å². The predicted octanol–water partition coefficient (Wildman–Crippen LogP) is 5.15. The summed E-state index contributed by atoms with van der Waals surface area (Å²) >= 11 is 0. The van der Waals surface area contributed by atoms with E-state index in [1.807, 2.05) is 0 Å². The summed E-state index contributed by atoms with van der Waals surface area (Å²) in [6.45, 7) is 2.14. The van der Waals surface area contributed by atoms with Crippen LogP contribution in [0.15, 0.2) is 78.9 Å². The van der Waals surface area contributed by atoms with Gasteiger partial charge >= 0.3 is 0 Å². The highest BCUT2D eigenvalue weighted by molar-refractivity contribution is 7.55. The number of phenolic OH excluding ortho intramolecular Hbond substituents is 2. The number of unbranched alkanes of at least 4 members (excludes halogenated alkanes) is 2. The van der Waals surface area contributed by atoms with Crippen LogP contribution < -0.4 is 10.6 Å². The highest BCUT2D eigenvalue weighted by Gasteiger charge is 2.01. The van der Waals surface area contributed by atoms with Crippen LogP contribution in [0.2, 0.25) is 0 Å². The molecule has 0 aliphatic heterocycles. The molecule has 2 N–H and O–H groups in total. The predicted molar refractivity (Wildman–Crippen MR) is 113 cm³/mol. The van der Waals surface area contributed by atoms with Crippen LogP contribution in [-0.2, 0) is 6.42 Å². The number of hydrogen-bond donors (Lipinski definition) is 2. The van der Waals surface area contributed by atoms with Gasteiger partial charge in [0.15, 0.2) is 0 Å². The molecule has 0 bridgehead atoms. The zero-order valence-corrected chi connectivity index (χ0v) is 16.2. The van der Waals surface area contributed by atoms with E-state index in [9.17, 15) is 10.2 Å². The fourth-order valence-electron chi connectivity index (χ4n) is 2.55. The van der Waals surface area contributed by atoms with E-state index in [-0.39, 0.29) is 11.5 Å². The molecule has 0 atom stereocenters. The molecule has 0 spiro atoms. The molecule has 2 nitrogen and oxygen atoms in total. The second-order valence-corrected chi connectivity index (χ2v) is 7.53. The van der Waals surface area contributed by atoms with E-state index in [4.69, 9.17) is 0 Å². The first-order valence-electron chi connectivity index (χ1n) is 9.07. The SMILES string of the molecule is CCCCCc1cc(O)ccc1O.c1ccc(Pc2ccccc2)cc1. The maximum atomic E-state index is 9.42. The molecule has 3 heteroatoms. The number of hydrogen-bond acceptors (Lipinski definition) is 2. The Balaban J connectivity index is 0.000000187. The van der Waals surface area contributed by atoms with E-state index in [1.54, 1.807) is 6.07 Å². The maximum absolute atomic E-state index is 9.42. The molecular weight excluding hydrogens is 339 g/mol. The van der Waals surface area contributed by atoms with E-state index in [1.165, 1.54) is 29.2 Å². The maximum Gasteiger partial charge on any atom is 0.119 e. The van der Waals surface area contributed by atoms with Crippen LogP contribution in [0.3, 0.4) is 0 Å². The Morgan fingerprint density at radius 1 is 0.731 bits per heavy atom. The Labute approximate surface area is 158 Å². The van der Waals surface area contributed by atoms with Crippen molar-refractivity contribution >= 4 is 19.2 Å². The minimum atomic E-state index is 0.226. The summed E-state index contributed by atoms with van der Waals surface area (Å²) in [5.41, 5.74) is 0.841. The summed E-state index contributed by atoms with van der Waals surface area (Å²) in [5, 5.41) is 21.4. The van der Waals surface area contributed by atoms with Crippen LogP contribution in [0.4, 0.5) is 0 Å². The zero-order chi connectivity index (χ0) is 18.6. The van der Waals surface area contributed by atoms with Crippen molar-refractivity contribution < 1.29 is 10.2 Å². The average Bonchev–Trinajstić information content (AvgIpc) is 2.67. The fraction of sp³-hybridized carbons (Fsp3) is 0.217. The van der Waals surface area contributed by atoms with Crippen LogP contribution in [0.5, 0.6) is 11.5 Å². The lowest BCUT2D eigenvalue weighted by molar-refractivity contribution is 0.453. The van der Waals surface area contributed by atoms with Crippen molar-refractivity contribution in [1.82, 2.24) is 0 Å². The Hall–Kier alpha value is -2.31. The quantitative estimate of drug-likeness (QED) is 0.360. The number of rotatable bonds is 6. The Morgan fingerprint density at radius 2 is 1.31 bits per heavy atom. The minimum Gasteiger partial charge on any atom is -0.508 e. The van der Waals surface area contributed by atoms with E-state index in [0.29, 0.717) is 0 Å². The van der Waals surface area contributed by atoms with Gasteiger partial charge in [-0.25, -0.2) is 0 Å². The van der Waals surface area contributed by atoms with E-state index >= 15 is 0 Å². The molecule has 0 aromatic heterocycles. The first-order chi connectivity index (χ1) is 12.7. The van der Waals surface area contributed by atoms with Gasteiger partial charge in [-0.15, -0.1) is 0 Å². The normalized spacial score (nSPS) is 10.0. The first-order valence-corrected chi connectivity index (χ1v) is 10.1. The van der Waals surface area contributed by atoms with Crippen molar-refractivity contribution in [3.63, 3.8) is 0 Å². The molecule has 0 unspecified atom stereocenters. The summed E-state index contributed by atoms with van der Waals surface area (Å²) in [6, 6.07) is 25.8. The number of benzene rings is 3. The van der Waals surface area contributed by atoms with Crippen molar-refractivity contribution in [1.29, 1.82) is 0 Å². The Bertz CT molecular complexity index is 720. The van der Waals surface area contributed by atoms with Crippen molar-refractivity contribution in [3.05, 3.63) is 84.4 Å². The molecule has 136 valence electrons. The standard InChI is InChI=1S/C12H11P.C11H16O2/c1-3-7-11(8-4-1)13-12-9-5-2-6-10-12;1-2-3-4-5-9-8-10(12)6-7-11(9)13/h1-10,13H;6-8,12-13H,2-5H2,1H3. The summed E-state index contributed by atoms with van der Waals surface area (Å²) in [7, 11) is 0.777. The molecule has 0 amide bonds. The lowest BCUT2D eigenvalue weighted by Crippen LogP contribution is -2.01. The second-order valence-electron chi connectivity index (χ2n) is 6.13. The third kappa shape index (κ3) is 7.29. The minimum absolute atomic E-state index is 0.226. The molecule has 0 saturated carbocycles. The molecule has 26 heavy (non-hydrogen) atoms. The molecular formula is C23H27O2P. The van der Waals surface area contributed by atoms with Gasteiger partial charge in [-0.3, -0.25) is 0 Å². The molecule has 0 saturated heterocycles. The average molecular weight is 366 g/mol. The van der Waals surface area contributed by atoms with Crippen LogP contribution >= 0.6 is 8.58 Å². The van der Waals surface area contributed by atoms with Gasteiger partial charge in [-0.2, -0.15) is 0 Å².